The van der Waals surface area contributed by atoms with Crippen LogP contribution in [0.5, 0.6) is 0 Å². The molecule has 0 saturated carbocycles. The fourth-order valence-electron chi connectivity index (χ4n) is 3.47. The second kappa shape index (κ2) is 13.5. The van der Waals surface area contributed by atoms with Gasteiger partial charge in [-0.15, -0.1) is 0 Å². The largest absolute Gasteiger partial charge is 0.376 e. The number of hydrogen-bond donors (Lipinski definition) is 4. The Kier molecular flexibility index (Phi) is 9.87. The Morgan fingerprint density at radius 1 is 0.714 bits per heavy atom. The zero-order valence-corrected chi connectivity index (χ0v) is 20.0. The van der Waals surface area contributed by atoms with Gasteiger partial charge in [-0.3, -0.25) is 14.4 Å². The van der Waals surface area contributed by atoms with Crippen molar-refractivity contribution in [3.8, 4) is 0 Å². The molecule has 0 spiro atoms. The summed E-state index contributed by atoms with van der Waals surface area (Å²) in [5.74, 6) is -0.474. The minimum Gasteiger partial charge on any atom is -0.376 e. The molecule has 0 aromatic heterocycles. The fourth-order valence-corrected chi connectivity index (χ4v) is 3.47. The van der Waals surface area contributed by atoms with Crippen LogP contribution in [0.25, 0.3) is 0 Å². The number of anilines is 3. The quantitative estimate of drug-likeness (QED) is 0.273. The lowest BCUT2D eigenvalue weighted by molar-refractivity contribution is -0.116. The Labute approximate surface area is 206 Å². The summed E-state index contributed by atoms with van der Waals surface area (Å²) in [6.07, 6.45) is 3.47. The van der Waals surface area contributed by atoms with Gasteiger partial charge in [0.2, 0.25) is 11.8 Å². The van der Waals surface area contributed by atoms with E-state index < -0.39 is 0 Å². The molecule has 0 atom stereocenters. The molecule has 0 unspecified atom stereocenters. The van der Waals surface area contributed by atoms with Gasteiger partial charge in [0.05, 0.1) is 6.54 Å². The lowest BCUT2D eigenvalue weighted by atomic mass is 10.1. The maximum absolute atomic E-state index is 12.5. The second-order valence-electron chi connectivity index (χ2n) is 8.24. The van der Waals surface area contributed by atoms with Crippen molar-refractivity contribution in [1.29, 1.82) is 0 Å². The van der Waals surface area contributed by atoms with E-state index in [-0.39, 0.29) is 24.3 Å². The number of carbonyl (C=O) groups excluding carboxylic acids is 3. The number of rotatable bonds is 12. The van der Waals surface area contributed by atoms with Crippen molar-refractivity contribution in [3.63, 3.8) is 0 Å². The predicted molar refractivity (Wildman–Crippen MR) is 140 cm³/mol. The molecule has 3 aromatic rings. The molecular weight excluding hydrogens is 440 g/mol. The molecule has 7 nitrogen and oxygen atoms in total. The van der Waals surface area contributed by atoms with Gasteiger partial charge in [-0.2, -0.15) is 0 Å². The Balaban J connectivity index is 1.47. The van der Waals surface area contributed by atoms with Gasteiger partial charge >= 0.3 is 0 Å². The van der Waals surface area contributed by atoms with E-state index in [0.29, 0.717) is 29.9 Å². The van der Waals surface area contributed by atoms with Gasteiger partial charge in [0.25, 0.3) is 5.91 Å². The van der Waals surface area contributed by atoms with Gasteiger partial charge in [0, 0.05) is 35.6 Å². The predicted octanol–water partition coefficient (Wildman–Crippen LogP) is 5.19. The van der Waals surface area contributed by atoms with E-state index in [1.165, 1.54) is 0 Å². The molecule has 0 aliphatic rings. The van der Waals surface area contributed by atoms with Crippen LogP contribution in [0.1, 0.15) is 48.5 Å². The number of benzene rings is 3. The molecule has 0 fully saturated rings. The van der Waals surface area contributed by atoms with Crippen molar-refractivity contribution in [2.75, 3.05) is 22.5 Å². The molecule has 3 rings (SSSR count). The second-order valence-corrected chi connectivity index (χ2v) is 8.24. The number of amides is 3. The minimum absolute atomic E-state index is 0.0129. The summed E-state index contributed by atoms with van der Waals surface area (Å²) in [5, 5.41) is 11.6. The highest BCUT2D eigenvalue weighted by atomic mass is 16.2. The zero-order valence-electron chi connectivity index (χ0n) is 20.0. The van der Waals surface area contributed by atoms with E-state index in [9.17, 15) is 14.4 Å². The first kappa shape index (κ1) is 25.5. The first-order valence-electron chi connectivity index (χ1n) is 11.9. The number of nitrogens with one attached hydrogen (secondary N) is 4. The van der Waals surface area contributed by atoms with E-state index in [4.69, 9.17) is 0 Å². The number of hydrogen-bond acceptors (Lipinski definition) is 4. The zero-order chi connectivity index (χ0) is 24.9. The summed E-state index contributed by atoms with van der Waals surface area (Å²) in [4.78, 5) is 37.0. The molecule has 7 heteroatoms. The van der Waals surface area contributed by atoms with Crippen molar-refractivity contribution in [1.82, 2.24) is 5.32 Å². The average Bonchev–Trinajstić information content (AvgIpc) is 2.87. The van der Waals surface area contributed by atoms with Crippen molar-refractivity contribution in [2.45, 2.75) is 39.2 Å². The average molecular weight is 473 g/mol. The maximum Gasteiger partial charge on any atom is 0.251 e. The molecular formula is C28H32N4O3. The Bertz CT molecular complexity index is 1130. The summed E-state index contributed by atoms with van der Waals surface area (Å²) >= 11 is 0. The van der Waals surface area contributed by atoms with E-state index >= 15 is 0 Å². The molecule has 3 amide bonds. The summed E-state index contributed by atoms with van der Waals surface area (Å²) < 4.78 is 0. The summed E-state index contributed by atoms with van der Waals surface area (Å²) in [6.45, 7) is 2.57. The van der Waals surface area contributed by atoms with Crippen molar-refractivity contribution in [3.05, 3.63) is 90.0 Å². The fraction of sp³-hybridized carbons (Fsp3) is 0.250. The van der Waals surface area contributed by atoms with Gasteiger partial charge in [0.15, 0.2) is 0 Å². The van der Waals surface area contributed by atoms with Crippen LogP contribution in [-0.2, 0) is 16.1 Å². The molecule has 0 bridgehead atoms. The first-order chi connectivity index (χ1) is 17.0. The SMILES string of the molecule is CCCCCC(=O)Nc1cccc(NCC(=O)Nc2cccc(C(=O)NCc3ccccc3)c2)c1. The van der Waals surface area contributed by atoms with Crippen molar-refractivity contribution in [2.24, 2.45) is 0 Å². The van der Waals surface area contributed by atoms with Crippen LogP contribution < -0.4 is 21.3 Å². The molecule has 35 heavy (non-hydrogen) atoms. The molecule has 3 aromatic carbocycles. The maximum atomic E-state index is 12.5. The lowest BCUT2D eigenvalue weighted by Crippen LogP contribution is -2.24. The third kappa shape index (κ3) is 8.97. The van der Waals surface area contributed by atoms with Crippen LogP contribution in [0.4, 0.5) is 17.1 Å². The standard InChI is InChI=1S/C28H32N4O3/c1-2-3-5-16-26(33)31-25-15-9-13-23(18-25)29-20-27(34)32-24-14-8-12-22(17-24)28(35)30-19-21-10-6-4-7-11-21/h4,6-15,17-18,29H,2-3,5,16,19-20H2,1H3,(H,30,35)(H,31,33)(H,32,34). The highest BCUT2D eigenvalue weighted by molar-refractivity contribution is 5.98. The monoisotopic (exact) mass is 472 g/mol. The van der Waals surface area contributed by atoms with Gasteiger partial charge in [0.1, 0.15) is 0 Å². The highest BCUT2D eigenvalue weighted by Gasteiger charge is 2.09. The van der Waals surface area contributed by atoms with E-state index in [1.807, 2.05) is 48.5 Å². The van der Waals surface area contributed by atoms with Crippen LogP contribution in [0, 0.1) is 0 Å². The summed E-state index contributed by atoms with van der Waals surface area (Å²) in [7, 11) is 0. The van der Waals surface area contributed by atoms with Crippen LogP contribution in [0.2, 0.25) is 0 Å². The topological polar surface area (TPSA) is 99.3 Å². The lowest BCUT2D eigenvalue weighted by Gasteiger charge is -2.11. The van der Waals surface area contributed by atoms with Gasteiger partial charge in [-0.1, -0.05) is 62.2 Å². The first-order valence-corrected chi connectivity index (χ1v) is 11.9. The molecule has 0 radical (unpaired) electrons. The molecule has 0 saturated heterocycles. The minimum atomic E-state index is -0.249. The number of unbranched alkanes of at least 4 members (excludes halogenated alkanes) is 2. The Morgan fingerprint density at radius 2 is 1.40 bits per heavy atom. The highest BCUT2D eigenvalue weighted by Crippen LogP contribution is 2.16. The number of carbonyl (C=O) groups is 3. The van der Waals surface area contributed by atoms with Crippen molar-refractivity contribution >= 4 is 34.8 Å². The van der Waals surface area contributed by atoms with Gasteiger partial charge in [-0.25, -0.2) is 0 Å². The van der Waals surface area contributed by atoms with E-state index in [0.717, 1.165) is 30.5 Å². The Hall–Kier alpha value is -4.13. The van der Waals surface area contributed by atoms with Crippen LogP contribution in [0.3, 0.4) is 0 Å². The van der Waals surface area contributed by atoms with Crippen LogP contribution >= 0.6 is 0 Å². The van der Waals surface area contributed by atoms with Gasteiger partial charge in [-0.05, 0) is 48.4 Å². The molecule has 0 heterocycles. The molecule has 182 valence electrons. The van der Waals surface area contributed by atoms with E-state index in [2.05, 4.69) is 28.2 Å². The van der Waals surface area contributed by atoms with Gasteiger partial charge < -0.3 is 21.3 Å². The van der Waals surface area contributed by atoms with Crippen LogP contribution in [0.15, 0.2) is 78.9 Å². The van der Waals surface area contributed by atoms with Crippen molar-refractivity contribution < 1.29 is 14.4 Å². The summed E-state index contributed by atoms with van der Waals surface area (Å²) in [6, 6.07) is 23.7. The normalized spacial score (nSPS) is 10.3. The third-order valence-electron chi connectivity index (χ3n) is 5.31. The molecule has 4 N–H and O–H groups in total. The third-order valence-corrected chi connectivity index (χ3v) is 5.31. The molecule has 0 aliphatic heterocycles. The smallest absolute Gasteiger partial charge is 0.251 e. The summed E-state index contributed by atoms with van der Waals surface area (Å²) in [5.41, 5.74) is 3.43. The van der Waals surface area contributed by atoms with E-state index in [1.54, 1.807) is 30.3 Å². The van der Waals surface area contributed by atoms with Crippen LogP contribution in [-0.4, -0.2) is 24.3 Å². The molecule has 0 aliphatic carbocycles. The Morgan fingerprint density at radius 3 is 2.17 bits per heavy atom.